The maximum atomic E-state index is 4.74. The third kappa shape index (κ3) is 5.46. The summed E-state index contributed by atoms with van der Waals surface area (Å²) in [7, 11) is 0. The Morgan fingerprint density at radius 1 is 0.871 bits per heavy atom. The zero-order valence-electron chi connectivity index (χ0n) is 20.0. The van der Waals surface area contributed by atoms with E-state index < -0.39 is 0 Å². The van der Waals surface area contributed by atoms with E-state index in [9.17, 15) is 0 Å². The van der Waals surface area contributed by atoms with Crippen molar-refractivity contribution in [1.29, 1.82) is 0 Å². The van der Waals surface area contributed by atoms with Crippen LogP contribution in [0.4, 0.5) is 5.82 Å². The number of pyridine rings is 2. The molecule has 2 aliphatic heterocycles. The van der Waals surface area contributed by atoms with Gasteiger partial charge in [-0.3, -0.25) is 9.88 Å². The van der Waals surface area contributed by atoms with Crippen LogP contribution in [0.3, 0.4) is 0 Å². The summed E-state index contributed by atoms with van der Waals surface area (Å²) >= 11 is 0. The van der Waals surface area contributed by atoms with Gasteiger partial charge in [0, 0.05) is 42.6 Å². The van der Waals surface area contributed by atoms with Gasteiger partial charge in [-0.1, -0.05) is 46.2 Å². The molecule has 0 unspecified atom stereocenters. The van der Waals surface area contributed by atoms with Crippen LogP contribution >= 0.6 is 0 Å². The van der Waals surface area contributed by atoms with Gasteiger partial charge in [0.1, 0.15) is 5.82 Å². The normalized spacial score (nSPS) is 19.9. The third-order valence-electron chi connectivity index (χ3n) is 7.18. The Morgan fingerprint density at radius 3 is 2.13 bits per heavy atom. The minimum absolute atomic E-state index is 0.527. The Hall–Kier alpha value is -1.94. The number of nitrogens with zero attached hydrogens (tertiary/aromatic N) is 4. The molecule has 1 spiro atoms. The summed E-state index contributed by atoms with van der Waals surface area (Å²) in [6, 6.07) is 10.8. The molecule has 4 nitrogen and oxygen atoms in total. The number of rotatable bonds is 5. The fourth-order valence-electron chi connectivity index (χ4n) is 4.93. The first-order valence-electron chi connectivity index (χ1n) is 12.3. The SMILES string of the molecule is CC(C)c1ccc(CN2CCCC2)cn1.CC(C)c1cccc(N2CC3(CCC3)C2)n1. The van der Waals surface area contributed by atoms with Gasteiger partial charge in [0.25, 0.3) is 0 Å². The highest BCUT2D eigenvalue weighted by atomic mass is 15.3. The predicted octanol–water partition coefficient (Wildman–Crippen LogP) is 6.00. The average Bonchev–Trinajstić information content (AvgIpc) is 3.20. The summed E-state index contributed by atoms with van der Waals surface area (Å²) in [5.41, 5.74) is 4.45. The largest absolute Gasteiger partial charge is 0.355 e. The van der Waals surface area contributed by atoms with Crippen molar-refractivity contribution < 1.29 is 0 Å². The van der Waals surface area contributed by atoms with Crippen molar-refractivity contribution in [3.8, 4) is 0 Å². The molecule has 4 heterocycles. The molecule has 168 valence electrons. The van der Waals surface area contributed by atoms with Gasteiger partial charge in [0.05, 0.1) is 0 Å². The molecule has 0 radical (unpaired) electrons. The maximum Gasteiger partial charge on any atom is 0.128 e. The molecule has 0 aromatic carbocycles. The molecule has 31 heavy (non-hydrogen) atoms. The van der Waals surface area contributed by atoms with Crippen LogP contribution in [-0.2, 0) is 6.54 Å². The topological polar surface area (TPSA) is 32.3 Å². The Morgan fingerprint density at radius 2 is 1.58 bits per heavy atom. The summed E-state index contributed by atoms with van der Waals surface area (Å²) in [5, 5.41) is 0. The first-order chi connectivity index (χ1) is 14.9. The smallest absolute Gasteiger partial charge is 0.128 e. The van der Waals surface area contributed by atoms with E-state index in [0.29, 0.717) is 17.3 Å². The van der Waals surface area contributed by atoms with Gasteiger partial charge in [0.15, 0.2) is 0 Å². The fourth-order valence-corrected chi connectivity index (χ4v) is 4.93. The maximum absolute atomic E-state index is 4.74. The average molecular weight is 421 g/mol. The lowest BCUT2D eigenvalue weighted by atomic mass is 9.63. The number of hydrogen-bond donors (Lipinski definition) is 0. The molecule has 2 aromatic rings. The van der Waals surface area contributed by atoms with Gasteiger partial charge in [-0.25, -0.2) is 4.98 Å². The van der Waals surface area contributed by atoms with E-state index in [-0.39, 0.29) is 0 Å². The molecule has 2 saturated heterocycles. The highest BCUT2D eigenvalue weighted by molar-refractivity contribution is 5.44. The second kappa shape index (κ2) is 9.68. The van der Waals surface area contributed by atoms with Gasteiger partial charge in [-0.15, -0.1) is 0 Å². The van der Waals surface area contributed by atoms with Gasteiger partial charge in [0.2, 0.25) is 0 Å². The number of anilines is 1. The quantitative estimate of drug-likeness (QED) is 0.594. The molecule has 0 amide bonds. The van der Waals surface area contributed by atoms with Crippen LogP contribution in [0.2, 0.25) is 0 Å². The molecule has 1 aliphatic carbocycles. The molecule has 1 saturated carbocycles. The first-order valence-corrected chi connectivity index (χ1v) is 12.3. The standard InChI is InChI=1S/C14H20N2.C13H20N2/c1-11(2)12-5-3-6-13(15-12)16-9-14(10-16)7-4-8-14;1-11(2)13-6-5-12(9-14-13)10-15-7-3-4-8-15/h3,5-6,11H,4,7-10H2,1-2H3;5-6,9,11H,3-4,7-8,10H2,1-2H3. The molecule has 2 aromatic heterocycles. The van der Waals surface area contributed by atoms with Crippen LogP contribution < -0.4 is 4.90 Å². The van der Waals surface area contributed by atoms with Crippen molar-refractivity contribution in [1.82, 2.24) is 14.9 Å². The lowest BCUT2D eigenvalue weighted by Gasteiger charge is -2.56. The summed E-state index contributed by atoms with van der Waals surface area (Å²) in [5.74, 6) is 2.24. The van der Waals surface area contributed by atoms with Crippen LogP contribution in [-0.4, -0.2) is 41.0 Å². The van der Waals surface area contributed by atoms with E-state index in [1.54, 1.807) is 0 Å². The summed E-state index contributed by atoms with van der Waals surface area (Å²) in [6.07, 6.45) is 9.07. The highest BCUT2D eigenvalue weighted by Gasteiger charge is 2.47. The van der Waals surface area contributed by atoms with E-state index in [1.165, 1.54) is 81.1 Å². The molecular weight excluding hydrogens is 380 g/mol. The van der Waals surface area contributed by atoms with Gasteiger partial charge in [-0.05, 0) is 74.4 Å². The molecule has 4 heteroatoms. The number of aromatic nitrogens is 2. The minimum atomic E-state index is 0.527. The Kier molecular flexibility index (Phi) is 6.95. The second-order valence-corrected chi connectivity index (χ2v) is 10.5. The molecule has 0 N–H and O–H groups in total. The van der Waals surface area contributed by atoms with E-state index >= 15 is 0 Å². The van der Waals surface area contributed by atoms with Crippen molar-refractivity contribution in [2.24, 2.45) is 5.41 Å². The summed E-state index contributed by atoms with van der Waals surface area (Å²) in [4.78, 5) is 14.2. The van der Waals surface area contributed by atoms with Gasteiger partial charge in [-0.2, -0.15) is 0 Å². The second-order valence-electron chi connectivity index (χ2n) is 10.5. The van der Waals surface area contributed by atoms with Crippen molar-refractivity contribution in [2.45, 2.75) is 78.2 Å². The van der Waals surface area contributed by atoms with Crippen LogP contribution in [0.1, 0.15) is 88.6 Å². The van der Waals surface area contributed by atoms with Crippen LogP contribution in [0.25, 0.3) is 0 Å². The fraction of sp³-hybridized carbons (Fsp3) is 0.630. The molecule has 0 atom stereocenters. The summed E-state index contributed by atoms with van der Waals surface area (Å²) in [6.45, 7) is 14.8. The Bertz CT molecular complexity index is 825. The van der Waals surface area contributed by atoms with Gasteiger partial charge < -0.3 is 4.90 Å². The lowest BCUT2D eigenvalue weighted by molar-refractivity contribution is 0.0896. The van der Waals surface area contributed by atoms with E-state index in [4.69, 9.17) is 4.98 Å². The van der Waals surface area contributed by atoms with Crippen LogP contribution in [0, 0.1) is 5.41 Å². The van der Waals surface area contributed by atoms with E-state index in [0.717, 1.165) is 6.54 Å². The van der Waals surface area contributed by atoms with Gasteiger partial charge >= 0.3 is 0 Å². The number of hydrogen-bond acceptors (Lipinski definition) is 4. The monoisotopic (exact) mass is 420 g/mol. The lowest BCUT2D eigenvalue weighted by Crippen LogP contribution is -2.60. The number of likely N-dealkylation sites (tertiary alicyclic amines) is 1. The third-order valence-corrected chi connectivity index (χ3v) is 7.18. The zero-order valence-corrected chi connectivity index (χ0v) is 20.0. The van der Waals surface area contributed by atoms with Crippen LogP contribution in [0.15, 0.2) is 36.5 Å². The molecule has 3 aliphatic rings. The highest BCUT2D eigenvalue weighted by Crippen LogP contribution is 2.49. The molecular formula is C27H40N4. The predicted molar refractivity (Wildman–Crippen MR) is 130 cm³/mol. The van der Waals surface area contributed by atoms with Crippen LogP contribution in [0.5, 0.6) is 0 Å². The van der Waals surface area contributed by atoms with Crippen molar-refractivity contribution >= 4 is 5.82 Å². The Labute approximate surface area is 189 Å². The molecule has 3 fully saturated rings. The van der Waals surface area contributed by atoms with Crippen molar-refractivity contribution in [3.05, 3.63) is 53.5 Å². The Balaban J connectivity index is 0.000000150. The summed E-state index contributed by atoms with van der Waals surface area (Å²) < 4.78 is 0. The molecule has 0 bridgehead atoms. The van der Waals surface area contributed by atoms with E-state index in [2.05, 4.69) is 72.8 Å². The van der Waals surface area contributed by atoms with E-state index in [1.807, 2.05) is 6.20 Å². The minimum Gasteiger partial charge on any atom is -0.355 e. The van der Waals surface area contributed by atoms with Crippen molar-refractivity contribution in [2.75, 3.05) is 31.1 Å². The zero-order chi connectivity index (χ0) is 21.8. The van der Waals surface area contributed by atoms with Crippen molar-refractivity contribution in [3.63, 3.8) is 0 Å². The molecule has 5 rings (SSSR count). The first kappa shape index (κ1) is 22.3.